The topological polar surface area (TPSA) is 103 Å². The second-order valence-electron chi connectivity index (χ2n) is 9.53. The maximum absolute atomic E-state index is 13.0. The SMILES string of the molecule is CCn1nc(C(=O)NC[C@H]2CC[C@H](S(C)(=O)=O)CC2)c(Cl)c1-c1cnc(CC(C)C(F)(F)F)cc1OC. The molecule has 0 aromatic carbocycles. The number of nitrogens with zero attached hydrogens (tertiary/aromatic N) is 3. The monoisotopic (exact) mass is 564 g/mol. The number of hydrogen-bond acceptors (Lipinski definition) is 6. The summed E-state index contributed by atoms with van der Waals surface area (Å²) in [6, 6.07) is 1.44. The van der Waals surface area contributed by atoms with Gasteiger partial charge in [0.2, 0.25) is 0 Å². The summed E-state index contributed by atoms with van der Waals surface area (Å²) in [5.41, 5.74) is 1.01. The third kappa shape index (κ3) is 6.95. The van der Waals surface area contributed by atoms with E-state index in [1.807, 2.05) is 6.92 Å². The second kappa shape index (κ2) is 11.6. The lowest BCUT2D eigenvalue weighted by atomic mass is 9.89. The molecule has 1 aliphatic carbocycles. The number of ether oxygens (including phenoxy) is 1. The Hall–Kier alpha value is -2.34. The average molecular weight is 565 g/mol. The normalized spacial score (nSPS) is 19.5. The molecule has 1 N–H and O–H groups in total. The number of sulfone groups is 1. The standard InChI is InChI=1S/C24H32ClF3N4O4S/c1-5-32-22(18-13-29-16(11-19(18)36-3)10-14(2)24(26,27)28)20(25)21(31-32)23(33)30-12-15-6-8-17(9-7-15)37(4,34)35/h11,13-15,17H,5-10,12H2,1-4H3,(H,30,33)/t14?,15-,17-. The number of nitrogens with one attached hydrogen (secondary N) is 1. The summed E-state index contributed by atoms with van der Waals surface area (Å²) >= 11 is 6.60. The van der Waals surface area contributed by atoms with E-state index in [4.69, 9.17) is 16.3 Å². The van der Waals surface area contributed by atoms with E-state index in [-0.39, 0.29) is 39.7 Å². The first-order valence-electron chi connectivity index (χ1n) is 12.1. The van der Waals surface area contributed by atoms with Gasteiger partial charge in [-0.3, -0.25) is 14.5 Å². The van der Waals surface area contributed by atoms with E-state index in [0.717, 1.165) is 6.92 Å². The van der Waals surface area contributed by atoms with E-state index >= 15 is 0 Å². The molecule has 8 nitrogen and oxygen atoms in total. The molecule has 0 spiro atoms. The van der Waals surface area contributed by atoms with Gasteiger partial charge in [-0.05, 0) is 38.5 Å². The molecule has 1 amide bonds. The van der Waals surface area contributed by atoms with Gasteiger partial charge in [0.15, 0.2) is 5.69 Å². The Balaban J connectivity index is 1.78. The highest BCUT2D eigenvalue weighted by Gasteiger charge is 2.36. The summed E-state index contributed by atoms with van der Waals surface area (Å²) < 4.78 is 69.4. The Morgan fingerprint density at radius 3 is 2.49 bits per heavy atom. The van der Waals surface area contributed by atoms with Gasteiger partial charge in [0.1, 0.15) is 15.6 Å². The molecule has 1 atom stereocenters. The van der Waals surface area contributed by atoms with Gasteiger partial charge in [0.25, 0.3) is 5.91 Å². The Bertz CT molecular complexity index is 1230. The zero-order valence-electron chi connectivity index (χ0n) is 21.2. The van der Waals surface area contributed by atoms with Crippen molar-refractivity contribution in [2.75, 3.05) is 19.9 Å². The second-order valence-corrected chi connectivity index (χ2v) is 12.2. The van der Waals surface area contributed by atoms with Gasteiger partial charge in [-0.1, -0.05) is 18.5 Å². The molecule has 0 aliphatic heterocycles. The number of pyridine rings is 1. The molecule has 1 aliphatic rings. The van der Waals surface area contributed by atoms with Crippen LogP contribution in [-0.4, -0.2) is 60.4 Å². The highest BCUT2D eigenvalue weighted by Crippen LogP contribution is 2.38. The van der Waals surface area contributed by atoms with Gasteiger partial charge in [-0.25, -0.2) is 8.42 Å². The van der Waals surface area contributed by atoms with Crippen LogP contribution in [0.15, 0.2) is 12.3 Å². The van der Waals surface area contributed by atoms with Crippen LogP contribution < -0.4 is 10.1 Å². The summed E-state index contributed by atoms with van der Waals surface area (Å²) in [6.07, 6.45) is 0.524. The van der Waals surface area contributed by atoms with E-state index in [0.29, 0.717) is 50.0 Å². The van der Waals surface area contributed by atoms with Crippen molar-refractivity contribution < 1.29 is 31.1 Å². The van der Waals surface area contributed by atoms with Crippen molar-refractivity contribution in [1.29, 1.82) is 0 Å². The summed E-state index contributed by atoms with van der Waals surface area (Å²) in [4.78, 5) is 17.1. The Kier molecular flexibility index (Phi) is 9.15. The van der Waals surface area contributed by atoms with Crippen molar-refractivity contribution in [3.63, 3.8) is 0 Å². The molecule has 37 heavy (non-hydrogen) atoms. The summed E-state index contributed by atoms with van der Waals surface area (Å²) in [5, 5.41) is 6.95. The number of halogens is 4. The van der Waals surface area contributed by atoms with E-state index < -0.39 is 27.8 Å². The molecule has 3 rings (SSSR count). The Morgan fingerprint density at radius 1 is 1.30 bits per heavy atom. The van der Waals surface area contributed by atoms with Crippen LogP contribution in [0.3, 0.4) is 0 Å². The number of methoxy groups -OCH3 is 1. The molecule has 0 bridgehead atoms. The predicted octanol–water partition coefficient (Wildman–Crippen LogP) is 4.70. The van der Waals surface area contributed by atoms with Crippen molar-refractivity contribution in [3.05, 3.63) is 28.7 Å². The van der Waals surface area contributed by atoms with Crippen LogP contribution in [0.4, 0.5) is 13.2 Å². The van der Waals surface area contributed by atoms with Gasteiger partial charge < -0.3 is 10.1 Å². The van der Waals surface area contributed by atoms with Crippen LogP contribution in [0.25, 0.3) is 11.3 Å². The number of rotatable bonds is 9. The number of hydrogen-bond donors (Lipinski definition) is 1. The lowest BCUT2D eigenvalue weighted by Crippen LogP contribution is -2.34. The van der Waals surface area contributed by atoms with Crippen LogP contribution in [0.5, 0.6) is 5.75 Å². The van der Waals surface area contributed by atoms with Gasteiger partial charge >= 0.3 is 6.18 Å². The van der Waals surface area contributed by atoms with Crippen molar-refractivity contribution in [2.24, 2.45) is 11.8 Å². The van der Waals surface area contributed by atoms with Crippen LogP contribution in [0.2, 0.25) is 5.02 Å². The van der Waals surface area contributed by atoms with E-state index in [9.17, 15) is 26.4 Å². The maximum Gasteiger partial charge on any atom is 0.391 e. The largest absolute Gasteiger partial charge is 0.496 e. The van der Waals surface area contributed by atoms with Gasteiger partial charge in [0.05, 0.1) is 34.6 Å². The molecule has 2 aromatic heterocycles. The van der Waals surface area contributed by atoms with Crippen LogP contribution >= 0.6 is 11.6 Å². The zero-order chi connectivity index (χ0) is 27.5. The molecule has 2 heterocycles. The van der Waals surface area contributed by atoms with E-state index in [1.165, 1.54) is 30.3 Å². The third-order valence-electron chi connectivity index (χ3n) is 6.83. The molecule has 1 saturated carbocycles. The van der Waals surface area contributed by atoms with Crippen molar-refractivity contribution in [3.8, 4) is 17.0 Å². The highest BCUT2D eigenvalue weighted by molar-refractivity contribution is 7.91. The Labute approximate surface area is 219 Å². The van der Waals surface area contributed by atoms with Crippen LogP contribution in [0, 0.1) is 11.8 Å². The fraction of sp³-hybridized carbons (Fsp3) is 0.625. The quantitative estimate of drug-likeness (QED) is 0.473. The summed E-state index contributed by atoms with van der Waals surface area (Å²) in [7, 11) is -1.67. The summed E-state index contributed by atoms with van der Waals surface area (Å²) in [6.45, 7) is 3.64. The maximum atomic E-state index is 13.0. The predicted molar refractivity (Wildman–Crippen MR) is 135 cm³/mol. The van der Waals surface area contributed by atoms with Gasteiger partial charge in [-0.2, -0.15) is 18.3 Å². The number of carbonyl (C=O) groups is 1. The fourth-order valence-corrected chi connectivity index (χ4v) is 5.97. The van der Waals surface area contributed by atoms with Crippen molar-refractivity contribution in [1.82, 2.24) is 20.1 Å². The van der Waals surface area contributed by atoms with E-state index in [2.05, 4.69) is 15.4 Å². The fourth-order valence-electron chi connectivity index (χ4n) is 4.52. The molecule has 1 unspecified atom stereocenters. The summed E-state index contributed by atoms with van der Waals surface area (Å²) in [5.74, 6) is -1.61. The molecule has 2 aromatic rings. The Morgan fingerprint density at radius 2 is 1.95 bits per heavy atom. The number of alkyl halides is 3. The smallest absolute Gasteiger partial charge is 0.391 e. The highest BCUT2D eigenvalue weighted by atomic mass is 35.5. The number of aryl methyl sites for hydroxylation is 1. The molecule has 13 heteroatoms. The minimum Gasteiger partial charge on any atom is -0.496 e. The van der Waals surface area contributed by atoms with Crippen LogP contribution in [0.1, 0.15) is 55.7 Å². The van der Waals surface area contributed by atoms with Gasteiger partial charge in [-0.15, -0.1) is 0 Å². The van der Waals surface area contributed by atoms with Crippen molar-refractivity contribution >= 4 is 27.3 Å². The molecule has 0 saturated heterocycles. The van der Waals surface area contributed by atoms with Crippen molar-refractivity contribution in [2.45, 2.75) is 63.9 Å². The lowest BCUT2D eigenvalue weighted by Gasteiger charge is -2.27. The first-order valence-corrected chi connectivity index (χ1v) is 14.4. The zero-order valence-corrected chi connectivity index (χ0v) is 22.8. The van der Waals surface area contributed by atoms with Gasteiger partial charge in [0, 0.05) is 43.7 Å². The average Bonchev–Trinajstić information content (AvgIpc) is 3.17. The number of amides is 1. The minimum absolute atomic E-state index is 0.0140. The van der Waals surface area contributed by atoms with E-state index in [1.54, 1.807) is 0 Å². The number of carbonyl (C=O) groups excluding carboxylic acids is 1. The molecule has 1 fully saturated rings. The molecule has 0 radical (unpaired) electrons. The first kappa shape index (κ1) is 29.2. The number of aromatic nitrogens is 3. The molecular formula is C24H32ClF3N4O4S. The minimum atomic E-state index is -4.34. The van der Waals surface area contributed by atoms with Crippen LogP contribution in [-0.2, 0) is 22.8 Å². The first-order chi connectivity index (χ1) is 17.3. The lowest BCUT2D eigenvalue weighted by molar-refractivity contribution is -0.169. The molecular weight excluding hydrogens is 533 g/mol. The third-order valence-corrected chi connectivity index (χ3v) is 8.87. The molecule has 206 valence electrons.